The van der Waals surface area contributed by atoms with Gasteiger partial charge in [0.1, 0.15) is 6.54 Å². The van der Waals surface area contributed by atoms with Crippen molar-refractivity contribution in [3.8, 4) is 0 Å². The minimum absolute atomic E-state index is 0.126. The van der Waals surface area contributed by atoms with Crippen molar-refractivity contribution in [3.05, 3.63) is 21.4 Å². The number of aliphatic carboxylic acids is 1. The maximum absolute atomic E-state index is 12.2. The van der Waals surface area contributed by atoms with Gasteiger partial charge in [-0.3, -0.25) is 9.59 Å². The number of carbonyl (C=O) groups is 2. The summed E-state index contributed by atoms with van der Waals surface area (Å²) in [6.45, 7) is 3.73. The molecule has 1 fully saturated rings. The van der Waals surface area contributed by atoms with Crippen LogP contribution in [0.5, 0.6) is 0 Å². The molecular weight excluding hydrogens is 238 g/mol. The molecule has 1 amide bonds. The standard InChI is InChI=1S/C12H15NO3S/c1-7-5-10(17-8(7)2)12(16)13(6-11(14)15)9-3-4-9/h5,9H,3-4,6H2,1-2H3,(H,14,15). The molecule has 1 aromatic rings. The van der Waals surface area contributed by atoms with E-state index in [9.17, 15) is 9.59 Å². The molecule has 0 atom stereocenters. The van der Waals surface area contributed by atoms with E-state index in [1.807, 2.05) is 19.9 Å². The van der Waals surface area contributed by atoms with Crippen LogP contribution in [0, 0.1) is 13.8 Å². The monoisotopic (exact) mass is 253 g/mol. The van der Waals surface area contributed by atoms with Gasteiger partial charge in [-0.15, -0.1) is 11.3 Å². The van der Waals surface area contributed by atoms with E-state index >= 15 is 0 Å². The molecule has 1 saturated carbocycles. The predicted molar refractivity (Wildman–Crippen MR) is 65.5 cm³/mol. The van der Waals surface area contributed by atoms with Gasteiger partial charge in [-0.25, -0.2) is 0 Å². The number of nitrogens with zero attached hydrogens (tertiary/aromatic N) is 1. The molecule has 0 bridgehead atoms. The number of rotatable bonds is 4. The summed E-state index contributed by atoms with van der Waals surface area (Å²) in [4.78, 5) is 26.2. The van der Waals surface area contributed by atoms with E-state index in [1.165, 1.54) is 16.2 Å². The Labute approximate surface area is 104 Å². The third kappa shape index (κ3) is 2.66. The molecule has 1 N–H and O–H groups in total. The largest absolute Gasteiger partial charge is 0.480 e. The van der Waals surface area contributed by atoms with Gasteiger partial charge in [-0.1, -0.05) is 0 Å². The van der Waals surface area contributed by atoms with Gasteiger partial charge in [-0.05, 0) is 38.3 Å². The molecule has 0 unspecified atom stereocenters. The lowest BCUT2D eigenvalue weighted by molar-refractivity contribution is -0.137. The molecule has 0 saturated heterocycles. The molecule has 0 aliphatic heterocycles. The summed E-state index contributed by atoms with van der Waals surface area (Å²) in [7, 11) is 0. The minimum atomic E-state index is -0.949. The van der Waals surface area contributed by atoms with Gasteiger partial charge in [0.05, 0.1) is 4.88 Å². The van der Waals surface area contributed by atoms with Crippen molar-refractivity contribution in [1.82, 2.24) is 4.90 Å². The maximum atomic E-state index is 12.2. The van der Waals surface area contributed by atoms with Crippen LogP contribution in [0.25, 0.3) is 0 Å². The second-order valence-corrected chi connectivity index (χ2v) is 5.66. The summed E-state index contributed by atoms with van der Waals surface area (Å²) in [5.41, 5.74) is 1.09. The lowest BCUT2D eigenvalue weighted by atomic mass is 10.2. The Bertz CT molecular complexity index is 443. The Balaban J connectivity index is 2.18. The normalized spacial score (nSPS) is 14.7. The van der Waals surface area contributed by atoms with Crippen LogP contribution in [-0.2, 0) is 4.79 Å². The van der Waals surface area contributed by atoms with Gasteiger partial charge in [0.15, 0.2) is 0 Å². The highest BCUT2D eigenvalue weighted by atomic mass is 32.1. The zero-order valence-electron chi connectivity index (χ0n) is 9.90. The van der Waals surface area contributed by atoms with E-state index in [4.69, 9.17) is 5.11 Å². The van der Waals surface area contributed by atoms with Crippen LogP contribution in [0.4, 0.5) is 0 Å². The SMILES string of the molecule is Cc1cc(C(=O)N(CC(=O)O)C2CC2)sc1C. The molecule has 0 spiro atoms. The Morgan fingerprint density at radius 2 is 2.12 bits per heavy atom. The van der Waals surface area contributed by atoms with E-state index in [0.717, 1.165) is 23.3 Å². The average molecular weight is 253 g/mol. The fraction of sp³-hybridized carbons (Fsp3) is 0.500. The van der Waals surface area contributed by atoms with Gasteiger partial charge in [0, 0.05) is 10.9 Å². The molecule has 5 heteroatoms. The molecule has 1 heterocycles. The van der Waals surface area contributed by atoms with Crippen LogP contribution >= 0.6 is 11.3 Å². The molecule has 1 aromatic heterocycles. The lowest BCUT2D eigenvalue weighted by Crippen LogP contribution is -2.37. The molecule has 1 aliphatic carbocycles. The van der Waals surface area contributed by atoms with Crippen molar-refractivity contribution in [2.75, 3.05) is 6.54 Å². The van der Waals surface area contributed by atoms with E-state index in [0.29, 0.717) is 4.88 Å². The van der Waals surface area contributed by atoms with Crippen molar-refractivity contribution in [2.45, 2.75) is 32.7 Å². The van der Waals surface area contributed by atoms with Crippen LogP contribution in [0.15, 0.2) is 6.07 Å². The summed E-state index contributed by atoms with van der Waals surface area (Å²) in [5, 5.41) is 8.83. The first-order valence-electron chi connectivity index (χ1n) is 5.59. The predicted octanol–water partition coefficient (Wildman–Crippen LogP) is 2.05. The van der Waals surface area contributed by atoms with Crippen molar-refractivity contribution in [3.63, 3.8) is 0 Å². The molecule has 0 aromatic carbocycles. The number of carbonyl (C=O) groups excluding carboxylic acids is 1. The summed E-state index contributed by atoms with van der Waals surface area (Å²) in [5.74, 6) is -1.09. The number of aryl methyl sites for hydroxylation is 2. The van der Waals surface area contributed by atoms with Gasteiger partial charge in [0.25, 0.3) is 5.91 Å². The van der Waals surface area contributed by atoms with Gasteiger partial charge in [0.2, 0.25) is 0 Å². The fourth-order valence-corrected chi connectivity index (χ4v) is 2.71. The van der Waals surface area contributed by atoms with Crippen LogP contribution in [-0.4, -0.2) is 34.5 Å². The van der Waals surface area contributed by atoms with Crippen LogP contribution in [0.1, 0.15) is 33.0 Å². The summed E-state index contributed by atoms with van der Waals surface area (Å²) in [6.07, 6.45) is 1.84. The quantitative estimate of drug-likeness (QED) is 0.893. The number of thiophene rings is 1. The smallest absolute Gasteiger partial charge is 0.323 e. The Kier molecular flexibility index (Phi) is 3.19. The molecule has 17 heavy (non-hydrogen) atoms. The van der Waals surface area contributed by atoms with Gasteiger partial charge >= 0.3 is 5.97 Å². The Morgan fingerprint density at radius 3 is 2.53 bits per heavy atom. The van der Waals surface area contributed by atoms with Crippen LogP contribution in [0.3, 0.4) is 0 Å². The van der Waals surface area contributed by atoms with Crippen LogP contribution in [0.2, 0.25) is 0 Å². The van der Waals surface area contributed by atoms with Crippen molar-refractivity contribution in [2.24, 2.45) is 0 Å². The molecule has 1 aliphatic rings. The number of carboxylic acid groups (broad SMARTS) is 1. The lowest BCUT2D eigenvalue weighted by Gasteiger charge is -2.19. The van der Waals surface area contributed by atoms with Gasteiger partial charge in [-0.2, -0.15) is 0 Å². The Hall–Kier alpha value is -1.36. The topological polar surface area (TPSA) is 57.6 Å². The maximum Gasteiger partial charge on any atom is 0.323 e. The summed E-state index contributed by atoms with van der Waals surface area (Å²) < 4.78 is 0. The van der Waals surface area contributed by atoms with Crippen molar-refractivity contribution in [1.29, 1.82) is 0 Å². The van der Waals surface area contributed by atoms with E-state index in [1.54, 1.807) is 0 Å². The minimum Gasteiger partial charge on any atom is -0.480 e. The van der Waals surface area contributed by atoms with E-state index in [2.05, 4.69) is 0 Å². The first-order chi connectivity index (χ1) is 7.99. The number of carboxylic acids is 1. The zero-order valence-corrected chi connectivity index (χ0v) is 10.7. The summed E-state index contributed by atoms with van der Waals surface area (Å²) in [6, 6.07) is 1.97. The second-order valence-electron chi connectivity index (χ2n) is 4.41. The number of hydrogen-bond acceptors (Lipinski definition) is 3. The van der Waals surface area contributed by atoms with Crippen molar-refractivity contribution < 1.29 is 14.7 Å². The molecule has 4 nitrogen and oxygen atoms in total. The molecule has 92 valence electrons. The summed E-state index contributed by atoms with van der Waals surface area (Å²) >= 11 is 1.44. The number of hydrogen-bond donors (Lipinski definition) is 1. The highest BCUT2D eigenvalue weighted by Gasteiger charge is 2.34. The van der Waals surface area contributed by atoms with Crippen molar-refractivity contribution >= 4 is 23.2 Å². The highest BCUT2D eigenvalue weighted by Crippen LogP contribution is 2.30. The van der Waals surface area contributed by atoms with E-state index < -0.39 is 5.97 Å². The van der Waals surface area contributed by atoms with Gasteiger partial charge < -0.3 is 10.0 Å². The molecular formula is C12H15NO3S. The molecule has 0 radical (unpaired) electrons. The van der Waals surface area contributed by atoms with E-state index in [-0.39, 0.29) is 18.5 Å². The third-order valence-corrected chi connectivity index (χ3v) is 4.07. The first kappa shape index (κ1) is 12.1. The zero-order chi connectivity index (χ0) is 12.6. The third-order valence-electron chi connectivity index (χ3n) is 2.93. The van der Waals surface area contributed by atoms with Crippen LogP contribution < -0.4 is 0 Å². The fourth-order valence-electron chi connectivity index (χ4n) is 1.72. The molecule has 2 rings (SSSR count). The Morgan fingerprint density at radius 1 is 1.47 bits per heavy atom. The number of amides is 1. The average Bonchev–Trinajstić information content (AvgIpc) is 3.02. The highest BCUT2D eigenvalue weighted by molar-refractivity contribution is 7.14. The second kappa shape index (κ2) is 4.49. The first-order valence-corrected chi connectivity index (χ1v) is 6.40.